The van der Waals surface area contributed by atoms with Gasteiger partial charge in [0.05, 0.1) is 6.61 Å². The lowest BCUT2D eigenvalue weighted by molar-refractivity contribution is 0.358. The molecule has 2 heterocycles. The molecule has 98 valence electrons. The lowest BCUT2D eigenvalue weighted by Crippen LogP contribution is -1.98. The molecule has 1 aliphatic heterocycles. The number of nitrogen functional groups attached to an aromatic ring is 1. The van der Waals surface area contributed by atoms with Crippen molar-refractivity contribution in [2.75, 3.05) is 12.3 Å². The van der Waals surface area contributed by atoms with Crippen molar-refractivity contribution in [1.82, 2.24) is 10.2 Å². The summed E-state index contributed by atoms with van der Waals surface area (Å²) in [5.74, 6) is 1.38. The van der Waals surface area contributed by atoms with Gasteiger partial charge in [-0.05, 0) is 11.6 Å². The Labute approximate surface area is 116 Å². The second kappa shape index (κ2) is 4.20. The fourth-order valence-electron chi connectivity index (χ4n) is 2.73. The SMILES string of the molecule is Nc1nnc(-c2cccc3c2OCC3)c2ccccc12. The Morgan fingerprint density at radius 1 is 0.950 bits per heavy atom. The number of para-hydroxylation sites is 1. The molecule has 0 spiro atoms. The maximum absolute atomic E-state index is 5.91. The number of aromatic nitrogens is 2. The van der Waals surface area contributed by atoms with E-state index >= 15 is 0 Å². The van der Waals surface area contributed by atoms with Gasteiger partial charge in [0.2, 0.25) is 0 Å². The molecule has 0 fully saturated rings. The van der Waals surface area contributed by atoms with Gasteiger partial charge >= 0.3 is 0 Å². The lowest BCUT2D eigenvalue weighted by Gasteiger charge is -2.10. The van der Waals surface area contributed by atoms with Gasteiger partial charge < -0.3 is 10.5 Å². The van der Waals surface area contributed by atoms with Gasteiger partial charge in [0.15, 0.2) is 5.82 Å². The molecule has 3 aromatic rings. The van der Waals surface area contributed by atoms with E-state index in [0.717, 1.165) is 40.8 Å². The van der Waals surface area contributed by atoms with E-state index in [9.17, 15) is 0 Å². The Morgan fingerprint density at radius 3 is 2.70 bits per heavy atom. The normalized spacial score (nSPS) is 13.2. The van der Waals surface area contributed by atoms with E-state index in [0.29, 0.717) is 5.82 Å². The molecule has 0 saturated carbocycles. The maximum Gasteiger partial charge on any atom is 0.154 e. The highest BCUT2D eigenvalue weighted by Gasteiger charge is 2.19. The van der Waals surface area contributed by atoms with Crippen LogP contribution in [0.4, 0.5) is 5.82 Å². The largest absolute Gasteiger partial charge is 0.492 e. The second-order valence-corrected chi connectivity index (χ2v) is 4.87. The van der Waals surface area contributed by atoms with Crippen LogP contribution in [0.2, 0.25) is 0 Å². The summed E-state index contributed by atoms with van der Waals surface area (Å²) in [6, 6.07) is 14.1. The lowest BCUT2D eigenvalue weighted by atomic mass is 10.0. The van der Waals surface area contributed by atoms with Crippen molar-refractivity contribution in [2.45, 2.75) is 6.42 Å². The van der Waals surface area contributed by atoms with Crippen LogP contribution in [0.25, 0.3) is 22.0 Å². The molecule has 0 saturated heterocycles. The molecule has 0 atom stereocenters. The minimum absolute atomic E-state index is 0.456. The number of nitrogens with zero attached hydrogens (tertiary/aromatic N) is 2. The Kier molecular flexibility index (Phi) is 2.36. The number of nitrogens with two attached hydrogens (primary N) is 1. The summed E-state index contributed by atoms with van der Waals surface area (Å²) in [6.07, 6.45) is 0.948. The van der Waals surface area contributed by atoms with E-state index in [2.05, 4.69) is 16.3 Å². The molecule has 4 nitrogen and oxygen atoms in total. The summed E-state index contributed by atoms with van der Waals surface area (Å²) in [6.45, 7) is 0.729. The van der Waals surface area contributed by atoms with Crippen LogP contribution in [0.15, 0.2) is 42.5 Å². The molecule has 0 aliphatic carbocycles. The van der Waals surface area contributed by atoms with E-state index in [-0.39, 0.29) is 0 Å². The Hall–Kier alpha value is -2.62. The van der Waals surface area contributed by atoms with Gasteiger partial charge in [-0.1, -0.05) is 36.4 Å². The number of benzene rings is 2. The van der Waals surface area contributed by atoms with Crippen molar-refractivity contribution in [2.24, 2.45) is 0 Å². The maximum atomic E-state index is 5.91. The van der Waals surface area contributed by atoms with Crippen LogP contribution in [0.3, 0.4) is 0 Å². The molecule has 2 N–H and O–H groups in total. The molecule has 0 bridgehead atoms. The zero-order chi connectivity index (χ0) is 13.5. The van der Waals surface area contributed by atoms with E-state index in [4.69, 9.17) is 10.5 Å². The van der Waals surface area contributed by atoms with Gasteiger partial charge in [0.25, 0.3) is 0 Å². The minimum Gasteiger partial charge on any atom is -0.492 e. The van der Waals surface area contributed by atoms with Gasteiger partial charge in [-0.2, -0.15) is 0 Å². The first-order chi connectivity index (χ1) is 9.84. The summed E-state index contributed by atoms with van der Waals surface area (Å²) in [7, 11) is 0. The highest BCUT2D eigenvalue weighted by molar-refractivity contribution is 6.00. The zero-order valence-electron chi connectivity index (χ0n) is 10.8. The third-order valence-electron chi connectivity index (χ3n) is 3.69. The molecular formula is C16H13N3O. The van der Waals surface area contributed by atoms with E-state index in [1.165, 1.54) is 5.56 Å². The van der Waals surface area contributed by atoms with Crippen LogP contribution in [-0.2, 0) is 6.42 Å². The molecule has 20 heavy (non-hydrogen) atoms. The third-order valence-corrected chi connectivity index (χ3v) is 3.69. The first-order valence-corrected chi connectivity index (χ1v) is 6.60. The number of hydrogen-bond acceptors (Lipinski definition) is 4. The third kappa shape index (κ3) is 1.54. The van der Waals surface area contributed by atoms with Crippen molar-refractivity contribution < 1.29 is 4.74 Å². The average molecular weight is 263 g/mol. The highest BCUT2D eigenvalue weighted by atomic mass is 16.5. The second-order valence-electron chi connectivity index (χ2n) is 4.87. The smallest absolute Gasteiger partial charge is 0.154 e. The van der Waals surface area contributed by atoms with Crippen molar-refractivity contribution in [3.63, 3.8) is 0 Å². The number of hydrogen-bond donors (Lipinski definition) is 1. The Balaban J connectivity index is 2.05. The Morgan fingerprint density at radius 2 is 1.80 bits per heavy atom. The molecule has 4 heteroatoms. The average Bonchev–Trinajstić information content (AvgIpc) is 2.97. The van der Waals surface area contributed by atoms with Crippen molar-refractivity contribution >= 4 is 16.6 Å². The first-order valence-electron chi connectivity index (χ1n) is 6.60. The van der Waals surface area contributed by atoms with Crippen LogP contribution in [0.5, 0.6) is 5.75 Å². The number of rotatable bonds is 1. The van der Waals surface area contributed by atoms with Crippen LogP contribution in [0.1, 0.15) is 5.56 Å². The molecule has 1 aliphatic rings. The quantitative estimate of drug-likeness (QED) is 0.733. The fourth-order valence-corrected chi connectivity index (χ4v) is 2.73. The van der Waals surface area contributed by atoms with Crippen molar-refractivity contribution in [1.29, 1.82) is 0 Å². The van der Waals surface area contributed by atoms with Gasteiger partial charge in [-0.25, -0.2) is 0 Å². The monoisotopic (exact) mass is 263 g/mol. The summed E-state index contributed by atoms with van der Waals surface area (Å²) < 4.78 is 5.76. The zero-order valence-corrected chi connectivity index (χ0v) is 10.8. The van der Waals surface area contributed by atoms with Crippen LogP contribution >= 0.6 is 0 Å². The van der Waals surface area contributed by atoms with Crippen LogP contribution in [-0.4, -0.2) is 16.8 Å². The van der Waals surface area contributed by atoms with Gasteiger partial charge in [0.1, 0.15) is 11.4 Å². The van der Waals surface area contributed by atoms with E-state index < -0.39 is 0 Å². The predicted molar refractivity (Wildman–Crippen MR) is 78.6 cm³/mol. The minimum atomic E-state index is 0.456. The van der Waals surface area contributed by atoms with E-state index in [1.54, 1.807) is 0 Å². The fraction of sp³-hybridized carbons (Fsp3) is 0.125. The van der Waals surface area contributed by atoms with Gasteiger partial charge in [0, 0.05) is 22.8 Å². The number of fused-ring (bicyclic) bond motifs is 2. The topological polar surface area (TPSA) is 61.0 Å². The van der Waals surface area contributed by atoms with Gasteiger partial charge in [-0.3, -0.25) is 0 Å². The van der Waals surface area contributed by atoms with Crippen LogP contribution < -0.4 is 10.5 Å². The summed E-state index contributed by atoms with van der Waals surface area (Å²) in [5.41, 5.74) is 8.96. The van der Waals surface area contributed by atoms with Crippen molar-refractivity contribution in [3.8, 4) is 17.0 Å². The predicted octanol–water partition coefficient (Wildman–Crippen LogP) is 2.81. The highest BCUT2D eigenvalue weighted by Crippen LogP contribution is 2.38. The standard InChI is InChI=1S/C16H13N3O/c17-16-12-6-2-1-5-11(12)14(18-19-16)13-7-3-4-10-8-9-20-15(10)13/h1-7H,8-9H2,(H2,17,19). The number of ether oxygens (including phenoxy) is 1. The van der Waals surface area contributed by atoms with Crippen molar-refractivity contribution in [3.05, 3.63) is 48.0 Å². The molecule has 2 aromatic carbocycles. The first kappa shape index (κ1) is 11.2. The van der Waals surface area contributed by atoms with Crippen LogP contribution in [0, 0.1) is 0 Å². The molecule has 1 aromatic heterocycles. The summed E-state index contributed by atoms with van der Waals surface area (Å²) >= 11 is 0. The molecule has 0 amide bonds. The Bertz CT molecular complexity index is 814. The number of anilines is 1. The summed E-state index contributed by atoms with van der Waals surface area (Å²) in [4.78, 5) is 0. The molecule has 0 unspecified atom stereocenters. The molecular weight excluding hydrogens is 250 g/mol. The van der Waals surface area contributed by atoms with E-state index in [1.807, 2.05) is 36.4 Å². The summed E-state index contributed by atoms with van der Waals surface area (Å²) in [5, 5.41) is 10.3. The molecule has 0 radical (unpaired) electrons. The van der Waals surface area contributed by atoms with Gasteiger partial charge in [-0.15, -0.1) is 10.2 Å². The molecule has 4 rings (SSSR count).